The fourth-order valence-electron chi connectivity index (χ4n) is 1.29. The highest BCUT2D eigenvalue weighted by atomic mass is 16.4. The monoisotopic (exact) mass is 138 g/mol. The third-order valence-electron chi connectivity index (χ3n) is 2.11. The first-order valence-electron chi connectivity index (χ1n) is 3.42. The van der Waals surface area contributed by atoms with E-state index in [-0.39, 0.29) is 11.8 Å². The lowest BCUT2D eigenvalue weighted by Gasteiger charge is -2.31. The lowest BCUT2D eigenvalue weighted by atomic mass is 9.72. The lowest BCUT2D eigenvalue weighted by molar-refractivity contribution is -0.147. The van der Waals surface area contributed by atoms with E-state index in [1.807, 2.05) is 0 Å². The number of carboxylic acids is 1. The number of carbonyl (C=O) groups is 1. The van der Waals surface area contributed by atoms with Crippen molar-refractivity contribution < 1.29 is 9.90 Å². The van der Waals surface area contributed by atoms with Gasteiger partial charge in [0.25, 0.3) is 0 Å². The van der Waals surface area contributed by atoms with Gasteiger partial charge in [0.05, 0.1) is 5.92 Å². The molecule has 0 spiro atoms. The molecule has 54 valence electrons. The van der Waals surface area contributed by atoms with Crippen molar-refractivity contribution >= 4 is 5.97 Å². The Hall–Kier alpha value is -0.970. The maximum Gasteiger partial charge on any atom is 0.306 e. The molecular formula is C8H10O2. The van der Waals surface area contributed by atoms with E-state index >= 15 is 0 Å². The summed E-state index contributed by atoms with van der Waals surface area (Å²) in [6, 6.07) is 0. The quantitative estimate of drug-likeness (QED) is 0.580. The van der Waals surface area contributed by atoms with Crippen molar-refractivity contribution in [1.82, 2.24) is 0 Å². The van der Waals surface area contributed by atoms with Crippen LogP contribution in [0.25, 0.3) is 0 Å². The van der Waals surface area contributed by atoms with Gasteiger partial charge in [0.2, 0.25) is 0 Å². The van der Waals surface area contributed by atoms with E-state index in [4.69, 9.17) is 11.5 Å². The second-order valence-electron chi connectivity index (χ2n) is 2.69. The van der Waals surface area contributed by atoms with Crippen LogP contribution in [-0.2, 0) is 4.79 Å². The molecule has 0 amide bonds. The Bertz CT molecular complexity index is 178. The van der Waals surface area contributed by atoms with Crippen LogP contribution in [0.2, 0.25) is 0 Å². The van der Waals surface area contributed by atoms with Crippen molar-refractivity contribution in [3.05, 3.63) is 0 Å². The molecular weight excluding hydrogens is 128 g/mol. The molecule has 2 heteroatoms. The normalized spacial score (nSPS) is 30.3. The smallest absolute Gasteiger partial charge is 0.306 e. The van der Waals surface area contributed by atoms with E-state index in [1.165, 1.54) is 0 Å². The van der Waals surface area contributed by atoms with Gasteiger partial charge in [-0.25, -0.2) is 0 Å². The molecule has 0 saturated heterocycles. The average molecular weight is 138 g/mol. The zero-order valence-electron chi connectivity index (χ0n) is 5.71. The van der Waals surface area contributed by atoms with Gasteiger partial charge in [-0.3, -0.25) is 4.79 Å². The highest BCUT2D eigenvalue weighted by molar-refractivity contribution is 5.71. The molecule has 1 fully saturated rings. The molecule has 2 unspecified atom stereocenters. The molecule has 0 aromatic heterocycles. The van der Waals surface area contributed by atoms with E-state index < -0.39 is 5.97 Å². The van der Waals surface area contributed by atoms with Gasteiger partial charge in [-0.2, -0.15) is 0 Å². The Balaban J connectivity index is 2.37. The first-order valence-corrected chi connectivity index (χ1v) is 3.42. The Morgan fingerprint density at radius 2 is 2.40 bits per heavy atom. The van der Waals surface area contributed by atoms with Crippen molar-refractivity contribution in [2.75, 3.05) is 0 Å². The summed E-state index contributed by atoms with van der Waals surface area (Å²) in [5, 5.41) is 8.56. The molecule has 0 aromatic rings. The van der Waals surface area contributed by atoms with Crippen LogP contribution in [0.5, 0.6) is 0 Å². The number of hydrogen-bond donors (Lipinski definition) is 1. The maximum atomic E-state index is 10.4. The minimum Gasteiger partial charge on any atom is -0.481 e. The topological polar surface area (TPSA) is 37.3 Å². The molecule has 0 aliphatic heterocycles. The molecule has 2 nitrogen and oxygen atoms in total. The van der Waals surface area contributed by atoms with E-state index in [2.05, 4.69) is 5.92 Å². The molecule has 1 saturated carbocycles. The zero-order valence-corrected chi connectivity index (χ0v) is 5.71. The van der Waals surface area contributed by atoms with Crippen LogP contribution < -0.4 is 0 Å². The van der Waals surface area contributed by atoms with E-state index in [1.54, 1.807) is 0 Å². The number of hydrogen-bond acceptors (Lipinski definition) is 1. The zero-order chi connectivity index (χ0) is 7.56. The van der Waals surface area contributed by atoms with Crippen LogP contribution in [-0.4, -0.2) is 11.1 Å². The molecule has 1 aliphatic carbocycles. The summed E-state index contributed by atoms with van der Waals surface area (Å²) in [5.74, 6) is 1.90. The van der Waals surface area contributed by atoms with E-state index in [0.717, 1.165) is 12.8 Å². The largest absolute Gasteiger partial charge is 0.481 e. The lowest BCUT2D eigenvalue weighted by Crippen LogP contribution is -2.32. The molecule has 0 aromatic carbocycles. The standard InChI is InChI=1S/C8H10O2/c1-2-3-6-4-5-7(6)8(9)10/h1,6-7H,3-5H2,(H,9,10). The van der Waals surface area contributed by atoms with Crippen LogP contribution in [0.15, 0.2) is 0 Å². The number of rotatable bonds is 2. The van der Waals surface area contributed by atoms with Gasteiger partial charge in [0, 0.05) is 6.42 Å². The average Bonchev–Trinajstić information content (AvgIpc) is 1.78. The number of aliphatic carboxylic acids is 1. The van der Waals surface area contributed by atoms with Crippen LogP contribution in [0.1, 0.15) is 19.3 Å². The van der Waals surface area contributed by atoms with E-state index in [0.29, 0.717) is 6.42 Å². The molecule has 0 bridgehead atoms. The van der Waals surface area contributed by atoms with Crippen molar-refractivity contribution in [2.24, 2.45) is 11.8 Å². The van der Waals surface area contributed by atoms with Gasteiger partial charge < -0.3 is 5.11 Å². The molecule has 0 radical (unpaired) electrons. The van der Waals surface area contributed by atoms with Gasteiger partial charge >= 0.3 is 5.97 Å². The third-order valence-corrected chi connectivity index (χ3v) is 2.11. The Morgan fingerprint density at radius 1 is 1.70 bits per heavy atom. The van der Waals surface area contributed by atoms with Crippen LogP contribution in [0.3, 0.4) is 0 Å². The third kappa shape index (κ3) is 1.13. The molecule has 1 aliphatic rings. The van der Waals surface area contributed by atoms with Crippen LogP contribution in [0.4, 0.5) is 0 Å². The second kappa shape index (κ2) is 2.74. The number of carboxylic acid groups (broad SMARTS) is 1. The van der Waals surface area contributed by atoms with Crippen molar-refractivity contribution in [3.8, 4) is 12.3 Å². The summed E-state index contributed by atoms with van der Waals surface area (Å²) < 4.78 is 0. The minimum absolute atomic E-state index is 0.156. The highest BCUT2D eigenvalue weighted by Crippen LogP contribution is 2.36. The van der Waals surface area contributed by atoms with Crippen molar-refractivity contribution in [3.63, 3.8) is 0 Å². The predicted octanol–water partition coefficient (Wildman–Crippen LogP) is 1.12. The number of terminal acetylenes is 1. The Kier molecular flexibility index (Phi) is 1.96. The molecule has 10 heavy (non-hydrogen) atoms. The van der Waals surface area contributed by atoms with Gasteiger partial charge in [-0.05, 0) is 18.8 Å². The van der Waals surface area contributed by atoms with Crippen LogP contribution >= 0.6 is 0 Å². The summed E-state index contributed by atoms with van der Waals surface area (Å²) in [6.45, 7) is 0. The fraction of sp³-hybridized carbons (Fsp3) is 0.625. The van der Waals surface area contributed by atoms with Gasteiger partial charge in [0.1, 0.15) is 0 Å². The highest BCUT2D eigenvalue weighted by Gasteiger charge is 2.35. The Labute approximate surface area is 60.2 Å². The summed E-state index contributed by atoms with van der Waals surface area (Å²) >= 11 is 0. The summed E-state index contributed by atoms with van der Waals surface area (Å²) in [6.07, 6.45) is 7.47. The van der Waals surface area contributed by atoms with Crippen molar-refractivity contribution in [2.45, 2.75) is 19.3 Å². The van der Waals surface area contributed by atoms with Crippen molar-refractivity contribution in [1.29, 1.82) is 0 Å². The molecule has 1 N–H and O–H groups in total. The second-order valence-corrected chi connectivity index (χ2v) is 2.69. The molecule has 2 atom stereocenters. The minimum atomic E-state index is -0.688. The van der Waals surface area contributed by atoms with Gasteiger partial charge in [0.15, 0.2) is 0 Å². The Morgan fingerprint density at radius 3 is 2.70 bits per heavy atom. The predicted molar refractivity (Wildman–Crippen MR) is 37.3 cm³/mol. The fourth-order valence-corrected chi connectivity index (χ4v) is 1.29. The first kappa shape index (κ1) is 7.14. The SMILES string of the molecule is C#CCC1CCC1C(=O)O. The van der Waals surface area contributed by atoms with E-state index in [9.17, 15) is 4.79 Å². The first-order chi connectivity index (χ1) is 4.75. The molecule has 1 rings (SSSR count). The summed E-state index contributed by atoms with van der Waals surface area (Å²) in [4.78, 5) is 10.4. The summed E-state index contributed by atoms with van der Waals surface area (Å²) in [5.41, 5.74) is 0. The molecule has 0 heterocycles. The van der Waals surface area contributed by atoms with Crippen LogP contribution in [0, 0.1) is 24.2 Å². The summed E-state index contributed by atoms with van der Waals surface area (Å²) in [7, 11) is 0. The van der Waals surface area contributed by atoms with Gasteiger partial charge in [-0.15, -0.1) is 12.3 Å². The van der Waals surface area contributed by atoms with Gasteiger partial charge in [-0.1, -0.05) is 0 Å². The maximum absolute atomic E-state index is 10.4.